The van der Waals surface area contributed by atoms with Gasteiger partial charge in [-0.3, -0.25) is 29.0 Å². The van der Waals surface area contributed by atoms with Gasteiger partial charge >= 0.3 is 6.18 Å². The van der Waals surface area contributed by atoms with Gasteiger partial charge in [0.25, 0.3) is 22.9 Å². The lowest BCUT2D eigenvalue weighted by molar-refractivity contribution is -0.136. The lowest BCUT2D eigenvalue weighted by Gasteiger charge is -2.37. The first kappa shape index (κ1) is 46.1. The van der Waals surface area contributed by atoms with Crippen molar-refractivity contribution in [2.75, 3.05) is 69.2 Å². The van der Waals surface area contributed by atoms with Crippen LogP contribution in [-0.2, 0) is 12.7 Å². The molecule has 8 heterocycles. The van der Waals surface area contributed by atoms with Gasteiger partial charge in [-0.15, -0.1) is 0 Å². The molecule has 360 valence electrons. The molecule has 0 spiro atoms. The Balaban J connectivity index is 0.705. The van der Waals surface area contributed by atoms with E-state index < -0.39 is 34.6 Å². The molecule has 0 bridgehead atoms. The second-order valence-electron chi connectivity index (χ2n) is 18.9. The van der Waals surface area contributed by atoms with E-state index in [0.717, 1.165) is 107 Å². The highest BCUT2D eigenvalue weighted by molar-refractivity contribution is 5.93. The highest BCUT2D eigenvalue weighted by Gasteiger charge is 2.36. The van der Waals surface area contributed by atoms with Crippen molar-refractivity contribution in [1.82, 2.24) is 40.4 Å². The van der Waals surface area contributed by atoms with Gasteiger partial charge in [0.2, 0.25) is 0 Å². The van der Waals surface area contributed by atoms with Crippen LogP contribution in [-0.4, -0.2) is 113 Å². The second kappa shape index (κ2) is 19.0. The van der Waals surface area contributed by atoms with Crippen molar-refractivity contribution < 1.29 is 27.2 Å². The summed E-state index contributed by atoms with van der Waals surface area (Å²) in [7, 11) is 1.58. The number of carbonyl (C=O) groups excluding carboxylic acids is 2. The predicted molar refractivity (Wildman–Crippen MR) is 255 cm³/mol. The molecule has 2 amide bonds. The van der Waals surface area contributed by atoms with Gasteiger partial charge < -0.3 is 30.4 Å². The van der Waals surface area contributed by atoms with Gasteiger partial charge in [0, 0.05) is 88.2 Å². The number of hydrogen-bond donors (Lipinski definition) is 4. The summed E-state index contributed by atoms with van der Waals surface area (Å²) < 4.78 is 56.3. The van der Waals surface area contributed by atoms with Crippen LogP contribution in [0.3, 0.4) is 0 Å². The van der Waals surface area contributed by atoms with Crippen LogP contribution in [0.15, 0.2) is 88.7 Å². The maximum absolute atomic E-state index is 15.5. The minimum Gasteiger partial charge on any atom is -0.370 e. The van der Waals surface area contributed by atoms with Gasteiger partial charge in [-0.25, -0.2) is 14.4 Å². The van der Waals surface area contributed by atoms with Gasteiger partial charge in [-0.05, 0) is 123 Å². The van der Waals surface area contributed by atoms with Crippen molar-refractivity contribution in [3.8, 4) is 0 Å². The summed E-state index contributed by atoms with van der Waals surface area (Å²) in [4.78, 5) is 75.2. The number of benzene rings is 2. The number of amides is 2. The van der Waals surface area contributed by atoms with Crippen molar-refractivity contribution in [2.45, 2.75) is 75.2 Å². The molecule has 10 rings (SSSR count). The molecule has 2 unspecified atom stereocenters. The number of hydrogen-bond acceptors (Lipinski definition) is 10. The number of carbonyl (C=O) groups is 2. The molecule has 0 radical (unpaired) electrons. The van der Waals surface area contributed by atoms with Crippen LogP contribution in [0.25, 0.3) is 21.5 Å². The molecule has 2 aromatic carbocycles. The van der Waals surface area contributed by atoms with E-state index in [1.807, 2.05) is 18.2 Å². The normalized spacial score (nSPS) is 20.0. The number of piperidine rings is 2. The van der Waals surface area contributed by atoms with E-state index in [2.05, 4.69) is 50.2 Å². The standard InChI is InChI=1S/C51H54F4N10O4/c1-56-47(66)41-7-5-37(26-57-41)62-17-11-36(12-18-62)65-16-10-33(29-65)44-24-34-21-30(22-40(52)46(34)50(69)61-44)25-59-48(67)42-8-6-38(27-58-42)63-19-13-35(14-20-63)64-15-9-32(28-64)43-23-31-3-2-4-39(51(53,54)55)45(31)49(68)60-43/h2-8,21-24,26-27,32-33,35-36H,9-20,25,28-29H2,1H3,(H,56,66)(H,59,67)(H,60,68)(H,61,69). The topological polar surface area (TPSA) is 163 Å². The van der Waals surface area contributed by atoms with Crippen LogP contribution in [0.5, 0.6) is 0 Å². The molecule has 6 aromatic rings. The molecule has 4 fully saturated rings. The molecule has 4 N–H and O–H groups in total. The monoisotopic (exact) mass is 946 g/mol. The highest BCUT2D eigenvalue weighted by Crippen LogP contribution is 2.36. The SMILES string of the molecule is CNC(=O)c1ccc(N2CCC(N3CCC(c4cc5cc(CNC(=O)c6ccc(N7CCC(N8CCC(c9cc%10cccc(C(F)(F)F)c%10c(=O)[nH]9)C8)CC7)cn6)cc(F)c5c(=O)[nH]4)C3)CC2)cn1. The zero-order valence-corrected chi connectivity index (χ0v) is 38.2. The Labute approximate surface area is 395 Å². The summed E-state index contributed by atoms with van der Waals surface area (Å²) >= 11 is 0. The molecule has 4 saturated heterocycles. The molecule has 4 aliphatic heterocycles. The number of halogens is 4. The number of nitrogens with one attached hydrogen (secondary N) is 4. The van der Waals surface area contributed by atoms with Gasteiger partial charge in [-0.1, -0.05) is 12.1 Å². The number of H-pyrrole nitrogens is 2. The number of aromatic nitrogens is 4. The van der Waals surface area contributed by atoms with Gasteiger partial charge in [-0.2, -0.15) is 13.2 Å². The average Bonchev–Trinajstić information content (AvgIpc) is 4.07. The van der Waals surface area contributed by atoms with E-state index in [-0.39, 0.29) is 40.8 Å². The third-order valence-electron chi connectivity index (χ3n) is 14.8. The smallest absolute Gasteiger partial charge is 0.370 e. The summed E-state index contributed by atoms with van der Waals surface area (Å²) in [6, 6.07) is 18.4. The Morgan fingerprint density at radius 3 is 1.72 bits per heavy atom. The number of nitrogens with zero attached hydrogens (tertiary/aromatic N) is 6. The molecule has 4 aliphatic rings. The number of likely N-dealkylation sites (tertiary alicyclic amines) is 2. The lowest BCUT2D eigenvalue weighted by atomic mass is 9.99. The average molecular weight is 947 g/mol. The van der Waals surface area contributed by atoms with Crippen molar-refractivity contribution in [3.05, 3.63) is 140 Å². The maximum atomic E-state index is 15.5. The first-order chi connectivity index (χ1) is 33.3. The molecule has 0 saturated carbocycles. The van der Waals surface area contributed by atoms with E-state index in [4.69, 9.17) is 0 Å². The van der Waals surface area contributed by atoms with E-state index in [1.54, 1.807) is 49.8 Å². The van der Waals surface area contributed by atoms with Crippen LogP contribution in [0.2, 0.25) is 0 Å². The van der Waals surface area contributed by atoms with E-state index in [0.29, 0.717) is 46.4 Å². The molecule has 18 heteroatoms. The summed E-state index contributed by atoms with van der Waals surface area (Å²) in [6.45, 7) is 6.57. The first-order valence-electron chi connectivity index (χ1n) is 23.8. The van der Waals surface area contributed by atoms with Gasteiger partial charge in [0.05, 0.1) is 40.1 Å². The molecule has 0 aliphatic carbocycles. The van der Waals surface area contributed by atoms with Crippen molar-refractivity contribution in [1.29, 1.82) is 0 Å². The number of aromatic amines is 2. The Morgan fingerprint density at radius 2 is 1.20 bits per heavy atom. The number of fused-ring (bicyclic) bond motifs is 2. The molecular formula is C51H54F4N10O4. The van der Waals surface area contributed by atoms with E-state index >= 15 is 4.39 Å². The van der Waals surface area contributed by atoms with Gasteiger partial charge in [0.15, 0.2) is 0 Å². The quantitative estimate of drug-likeness (QED) is 0.111. The first-order valence-corrected chi connectivity index (χ1v) is 23.8. The van der Waals surface area contributed by atoms with Crippen LogP contribution in [0.4, 0.5) is 28.9 Å². The fourth-order valence-electron chi connectivity index (χ4n) is 11.1. The summed E-state index contributed by atoms with van der Waals surface area (Å²) in [6.07, 6.45) is 4.23. The van der Waals surface area contributed by atoms with Crippen molar-refractivity contribution in [2.24, 2.45) is 0 Å². The molecule has 4 aromatic heterocycles. The number of rotatable bonds is 10. The summed E-state index contributed by atoms with van der Waals surface area (Å²) in [5.41, 5.74) is 2.36. The van der Waals surface area contributed by atoms with Crippen molar-refractivity contribution >= 4 is 44.7 Å². The Kier molecular flexibility index (Phi) is 12.7. The molecular weight excluding hydrogens is 893 g/mol. The molecule has 14 nitrogen and oxygen atoms in total. The third kappa shape index (κ3) is 9.56. The highest BCUT2D eigenvalue weighted by atomic mass is 19.4. The minimum absolute atomic E-state index is 0.00739. The summed E-state index contributed by atoms with van der Waals surface area (Å²) in [5, 5.41) is 5.90. The number of anilines is 2. The molecule has 2 atom stereocenters. The Morgan fingerprint density at radius 1 is 0.667 bits per heavy atom. The van der Waals surface area contributed by atoms with Crippen LogP contribution >= 0.6 is 0 Å². The molecule has 69 heavy (non-hydrogen) atoms. The fraction of sp³-hybridized carbons (Fsp3) is 0.412. The number of pyridine rings is 4. The van der Waals surface area contributed by atoms with Crippen LogP contribution in [0.1, 0.15) is 93.9 Å². The third-order valence-corrected chi connectivity index (χ3v) is 14.8. The van der Waals surface area contributed by atoms with E-state index in [1.165, 1.54) is 12.1 Å². The summed E-state index contributed by atoms with van der Waals surface area (Å²) in [5.74, 6) is -1.16. The zero-order valence-electron chi connectivity index (χ0n) is 38.2. The minimum atomic E-state index is -4.62. The van der Waals surface area contributed by atoms with Crippen molar-refractivity contribution in [3.63, 3.8) is 0 Å². The lowest BCUT2D eigenvalue weighted by Crippen LogP contribution is -2.44. The predicted octanol–water partition coefficient (Wildman–Crippen LogP) is 6.52. The van der Waals surface area contributed by atoms with E-state index in [9.17, 15) is 32.3 Å². The second-order valence-corrected chi connectivity index (χ2v) is 18.9. The van der Waals surface area contributed by atoms with Crippen LogP contribution < -0.4 is 31.6 Å². The Bertz CT molecular complexity index is 3000. The van der Waals surface area contributed by atoms with Gasteiger partial charge in [0.1, 0.15) is 17.2 Å². The Hall–Kier alpha value is -6.66. The largest absolute Gasteiger partial charge is 0.417 e. The fourth-order valence-corrected chi connectivity index (χ4v) is 11.1. The van der Waals surface area contributed by atoms with Crippen LogP contribution in [0, 0.1) is 5.82 Å². The zero-order chi connectivity index (χ0) is 48.0. The number of alkyl halides is 3. The maximum Gasteiger partial charge on any atom is 0.417 e.